The monoisotopic (exact) mass is 539 g/mol. The Kier molecular flexibility index (Phi) is 6.61. The zero-order valence-corrected chi connectivity index (χ0v) is 21.1. The maximum Gasteiger partial charge on any atom is 0.323 e. The summed E-state index contributed by atoms with van der Waals surface area (Å²) in [4.78, 5) is 65.8. The first-order valence-electron chi connectivity index (χ1n) is 11.3. The highest BCUT2D eigenvalue weighted by molar-refractivity contribution is 8.00. The first kappa shape index (κ1) is 24.8. The van der Waals surface area contributed by atoms with Crippen molar-refractivity contribution in [3.05, 3.63) is 74.2 Å². The predicted octanol–water partition coefficient (Wildman–Crippen LogP) is 2.44. The second kappa shape index (κ2) is 9.87. The smallest absolute Gasteiger partial charge is 0.323 e. The largest absolute Gasteiger partial charge is 0.484 e. The fourth-order valence-electron chi connectivity index (χ4n) is 4.51. The number of hydrogen-bond donors (Lipinski definition) is 3. The van der Waals surface area contributed by atoms with E-state index in [9.17, 15) is 29.1 Å². The number of likely N-dealkylation sites (tertiary alicyclic amines) is 1. The third-order valence-electron chi connectivity index (χ3n) is 6.13. The molecule has 0 bridgehead atoms. The van der Waals surface area contributed by atoms with Crippen LogP contribution in [0.15, 0.2) is 58.4 Å². The van der Waals surface area contributed by atoms with Crippen LogP contribution in [0.1, 0.15) is 21.9 Å². The molecule has 5 rings (SSSR count). The number of carboxylic acids is 1. The van der Waals surface area contributed by atoms with Crippen molar-refractivity contribution in [2.75, 3.05) is 18.5 Å². The van der Waals surface area contributed by atoms with E-state index in [4.69, 9.17) is 4.74 Å². The predicted molar refractivity (Wildman–Crippen MR) is 136 cm³/mol. The van der Waals surface area contributed by atoms with Gasteiger partial charge in [-0.05, 0) is 36.8 Å². The molecule has 1 saturated heterocycles. The number of nitrogens with zero attached hydrogens (tertiary/aromatic N) is 1. The van der Waals surface area contributed by atoms with Gasteiger partial charge >= 0.3 is 10.8 Å². The molecular weight excluding hydrogens is 518 g/mol. The summed E-state index contributed by atoms with van der Waals surface area (Å²) in [5, 5.41) is 11.6. The number of aryl methyl sites for hydroxylation is 1. The average molecular weight is 540 g/mol. The fourth-order valence-corrected chi connectivity index (χ4v) is 7.04. The lowest BCUT2D eigenvalue weighted by molar-refractivity contribution is -0.149. The standard InChI is InChI=1S/C25H21N3O7S2/c1-12-5-7-14(8-6-12)26-16(29)11-35-15-4-2-3-13(9-15)18-19-21(36-22-20(18)37-25(34)27-22)24(33)28(23(19)32)10-17(30)31/h2-9,18-19,21H,10-11H2,1H3,(H,26,29)(H,27,34)(H,30,31)/t18-,19+,21-/m0/s1. The minimum atomic E-state index is -1.29. The van der Waals surface area contributed by atoms with Gasteiger partial charge in [-0.1, -0.05) is 52.9 Å². The van der Waals surface area contributed by atoms with Gasteiger partial charge in [0.2, 0.25) is 11.8 Å². The van der Waals surface area contributed by atoms with Gasteiger partial charge in [0.25, 0.3) is 5.91 Å². The number of carboxylic acid groups (broad SMARTS) is 1. The summed E-state index contributed by atoms with van der Waals surface area (Å²) < 4.78 is 5.70. The van der Waals surface area contributed by atoms with Crippen molar-refractivity contribution in [3.8, 4) is 5.75 Å². The molecule has 0 saturated carbocycles. The van der Waals surface area contributed by atoms with Gasteiger partial charge in [-0.15, -0.1) is 0 Å². The molecule has 12 heteroatoms. The number of thiazole rings is 1. The van der Waals surface area contributed by atoms with Crippen molar-refractivity contribution in [1.29, 1.82) is 0 Å². The van der Waals surface area contributed by atoms with Crippen LogP contribution in [0.2, 0.25) is 0 Å². The average Bonchev–Trinajstić information content (AvgIpc) is 3.34. The van der Waals surface area contributed by atoms with E-state index in [0.717, 1.165) is 33.6 Å². The van der Waals surface area contributed by atoms with Crippen LogP contribution in [0.4, 0.5) is 5.69 Å². The van der Waals surface area contributed by atoms with Gasteiger partial charge in [-0.2, -0.15) is 0 Å². The number of aromatic nitrogens is 1. The summed E-state index contributed by atoms with van der Waals surface area (Å²) in [6, 6.07) is 14.1. The van der Waals surface area contributed by atoms with E-state index >= 15 is 0 Å². The van der Waals surface area contributed by atoms with Crippen molar-refractivity contribution >= 4 is 52.5 Å². The summed E-state index contributed by atoms with van der Waals surface area (Å²) in [7, 11) is 0. The third-order valence-corrected chi connectivity index (χ3v) is 8.53. The Balaban J connectivity index is 1.40. The van der Waals surface area contributed by atoms with Gasteiger partial charge in [0, 0.05) is 16.5 Å². The number of ether oxygens (including phenoxy) is 1. The third kappa shape index (κ3) is 4.89. The molecule has 3 atom stereocenters. The van der Waals surface area contributed by atoms with Gasteiger partial charge in [0.05, 0.1) is 10.9 Å². The van der Waals surface area contributed by atoms with E-state index in [1.807, 2.05) is 19.1 Å². The molecule has 3 N–H and O–H groups in total. The lowest BCUT2D eigenvalue weighted by Gasteiger charge is -2.30. The number of rotatable bonds is 7. The number of imide groups is 1. The second-order valence-corrected chi connectivity index (χ2v) is 10.8. The molecule has 3 amide bonds. The molecule has 3 aromatic rings. The van der Waals surface area contributed by atoms with Crippen LogP contribution in [0, 0.1) is 12.8 Å². The SMILES string of the molecule is Cc1ccc(NC(=O)COc2cccc([C@@H]3c4sc(=O)[nH]c4S[C@@H]4C(=O)N(CC(=O)O)C(=O)[C@H]34)c2)cc1. The number of aromatic amines is 1. The van der Waals surface area contributed by atoms with Crippen LogP contribution in [0.3, 0.4) is 0 Å². The molecule has 10 nitrogen and oxygen atoms in total. The number of amides is 3. The Morgan fingerprint density at radius 3 is 2.59 bits per heavy atom. The lowest BCUT2D eigenvalue weighted by atomic mass is 9.83. The molecule has 0 spiro atoms. The quantitative estimate of drug-likeness (QED) is 0.388. The van der Waals surface area contributed by atoms with Crippen LogP contribution < -0.4 is 14.9 Å². The summed E-state index contributed by atoms with van der Waals surface area (Å²) >= 11 is 2.03. The Bertz CT molecular complexity index is 1460. The van der Waals surface area contributed by atoms with E-state index in [0.29, 0.717) is 26.9 Å². The molecular formula is C25H21N3O7S2. The Morgan fingerprint density at radius 2 is 1.86 bits per heavy atom. The van der Waals surface area contributed by atoms with Crippen LogP contribution in [0.5, 0.6) is 5.75 Å². The summed E-state index contributed by atoms with van der Waals surface area (Å²) in [5.41, 5.74) is 2.32. The molecule has 3 heterocycles. The van der Waals surface area contributed by atoms with Gasteiger partial charge < -0.3 is 20.1 Å². The number of hydrogen-bond acceptors (Lipinski definition) is 8. The summed E-state index contributed by atoms with van der Waals surface area (Å²) in [6.45, 7) is 0.973. The highest BCUT2D eigenvalue weighted by Gasteiger charge is 2.56. The van der Waals surface area contributed by atoms with Crippen LogP contribution in [-0.4, -0.2) is 57.1 Å². The van der Waals surface area contributed by atoms with E-state index in [-0.39, 0.29) is 17.4 Å². The van der Waals surface area contributed by atoms with E-state index in [1.165, 1.54) is 0 Å². The van der Waals surface area contributed by atoms with Crippen molar-refractivity contribution in [3.63, 3.8) is 0 Å². The zero-order chi connectivity index (χ0) is 26.3. The Hall–Kier alpha value is -3.90. The number of carbonyl (C=O) groups excluding carboxylic acids is 3. The van der Waals surface area contributed by atoms with Crippen molar-refractivity contribution < 1.29 is 29.0 Å². The highest BCUT2D eigenvalue weighted by Crippen LogP contribution is 2.52. The minimum Gasteiger partial charge on any atom is -0.484 e. The molecule has 2 aromatic carbocycles. The fraction of sp³-hybridized carbons (Fsp3) is 0.240. The summed E-state index contributed by atoms with van der Waals surface area (Å²) in [5.74, 6) is -3.99. The Morgan fingerprint density at radius 1 is 1.11 bits per heavy atom. The second-order valence-electron chi connectivity index (χ2n) is 8.68. The van der Waals surface area contributed by atoms with Crippen LogP contribution >= 0.6 is 23.1 Å². The van der Waals surface area contributed by atoms with E-state index in [1.54, 1.807) is 36.4 Å². The number of benzene rings is 2. The number of nitrogens with one attached hydrogen (secondary N) is 2. The normalized spacial score (nSPS) is 20.4. The lowest BCUT2D eigenvalue weighted by Crippen LogP contribution is -2.36. The first-order chi connectivity index (χ1) is 17.7. The number of thioether (sulfide) groups is 1. The van der Waals surface area contributed by atoms with Crippen molar-refractivity contribution in [1.82, 2.24) is 9.88 Å². The molecule has 2 aliphatic rings. The minimum absolute atomic E-state index is 0.254. The van der Waals surface area contributed by atoms with Crippen LogP contribution in [-0.2, 0) is 19.2 Å². The van der Waals surface area contributed by atoms with Gasteiger partial charge in [0.1, 0.15) is 17.5 Å². The van der Waals surface area contributed by atoms with E-state index < -0.39 is 41.4 Å². The molecule has 1 aromatic heterocycles. The van der Waals surface area contributed by atoms with Crippen molar-refractivity contribution in [2.45, 2.75) is 23.1 Å². The number of fused-ring (bicyclic) bond motifs is 2. The maximum atomic E-state index is 13.2. The first-order valence-corrected chi connectivity index (χ1v) is 13.0. The van der Waals surface area contributed by atoms with Crippen LogP contribution in [0.25, 0.3) is 0 Å². The maximum absolute atomic E-state index is 13.2. The molecule has 0 unspecified atom stereocenters. The number of aliphatic carboxylic acids is 1. The van der Waals surface area contributed by atoms with Gasteiger partial charge in [-0.25, -0.2) is 0 Å². The molecule has 2 aliphatic heterocycles. The molecule has 1 fully saturated rings. The molecule has 0 aliphatic carbocycles. The number of carbonyl (C=O) groups is 4. The van der Waals surface area contributed by atoms with Crippen molar-refractivity contribution in [2.24, 2.45) is 5.92 Å². The summed E-state index contributed by atoms with van der Waals surface area (Å²) in [6.07, 6.45) is 0. The Labute approximate surface area is 218 Å². The van der Waals surface area contributed by atoms with Gasteiger partial charge in [-0.3, -0.25) is 28.9 Å². The zero-order valence-electron chi connectivity index (χ0n) is 19.4. The number of anilines is 1. The molecule has 190 valence electrons. The molecule has 0 radical (unpaired) electrons. The highest BCUT2D eigenvalue weighted by atomic mass is 32.2. The van der Waals surface area contributed by atoms with E-state index in [2.05, 4.69) is 10.3 Å². The topological polar surface area (TPSA) is 146 Å². The van der Waals surface area contributed by atoms with Gasteiger partial charge in [0.15, 0.2) is 6.61 Å². The number of H-pyrrole nitrogens is 1. The molecule has 37 heavy (non-hydrogen) atoms.